The van der Waals surface area contributed by atoms with Crippen LogP contribution in [0.2, 0.25) is 0 Å². The Morgan fingerprint density at radius 1 is 1.08 bits per heavy atom. The van der Waals surface area contributed by atoms with E-state index >= 15 is 0 Å². The molecule has 3 aromatic rings. The molecule has 0 saturated carbocycles. The molecule has 0 spiro atoms. The molecule has 1 aromatic heterocycles. The number of aromatic nitrogens is 3. The maximum absolute atomic E-state index is 12.7. The number of allylic oxidation sites excluding steroid dienone is 1. The summed E-state index contributed by atoms with van der Waals surface area (Å²) in [6.07, 6.45) is 0.404. The van der Waals surface area contributed by atoms with Crippen molar-refractivity contribution in [1.29, 1.82) is 5.26 Å². The Bertz CT molecular complexity index is 932. The number of hydrogen-bond acceptors (Lipinski definition) is 3. The van der Waals surface area contributed by atoms with Gasteiger partial charge in [0.1, 0.15) is 12.7 Å². The second-order valence-corrected chi connectivity index (χ2v) is 5.57. The minimum absolute atomic E-state index is 0.396. The van der Waals surface area contributed by atoms with Crippen LogP contribution in [0.25, 0.3) is 11.6 Å². The lowest BCUT2D eigenvalue weighted by Gasteiger charge is -2.10. The summed E-state index contributed by atoms with van der Waals surface area (Å²) >= 11 is 0. The van der Waals surface area contributed by atoms with Gasteiger partial charge in [0.2, 0.25) is 0 Å². The van der Waals surface area contributed by atoms with Crippen LogP contribution >= 0.6 is 0 Å². The van der Waals surface area contributed by atoms with Gasteiger partial charge in [0.15, 0.2) is 0 Å². The van der Waals surface area contributed by atoms with Gasteiger partial charge in [-0.25, -0.2) is 9.67 Å². The molecule has 0 fully saturated rings. The molecule has 0 N–H and O–H groups in total. The zero-order chi connectivity index (χ0) is 18.6. The summed E-state index contributed by atoms with van der Waals surface area (Å²) in [6, 6.07) is 14.0. The van der Waals surface area contributed by atoms with E-state index in [0.29, 0.717) is 17.7 Å². The summed E-state index contributed by atoms with van der Waals surface area (Å²) in [7, 11) is 0. The lowest BCUT2D eigenvalue weighted by atomic mass is 10.0. The van der Waals surface area contributed by atoms with Crippen LogP contribution in [0.1, 0.15) is 22.3 Å². The zero-order valence-electron chi connectivity index (χ0n) is 13.5. The van der Waals surface area contributed by atoms with Crippen molar-refractivity contribution in [3.05, 3.63) is 83.4 Å². The summed E-state index contributed by atoms with van der Waals surface area (Å²) < 4.78 is 39.7. The minimum atomic E-state index is -4.36. The van der Waals surface area contributed by atoms with Crippen LogP contribution in [-0.4, -0.2) is 14.8 Å². The summed E-state index contributed by atoms with van der Waals surface area (Å²) in [4.78, 5) is 3.90. The standard InChI is InChI=1S/C19H13F3N4/c20-19(21,22)18-7-3-14(4-8-18)9-17(11-26-13-24-12-25-26)16-5-1-15(10-23)2-6-16/h1-9,12-13H,11H2/b17-9+. The first-order valence-corrected chi connectivity index (χ1v) is 7.66. The van der Waals surface area contributed by atoms with Gasteiger partial charge in [-0.15, -0.1) is 0 Å². The van der Waals surface area contributed by atoms with Crippen LogP contribution in [0, 0.1) is 11.3 Å². The summed E-state index contributed by atoms with van der Waals surface area (Å²) in [5, 5.41) is 13.0. The molecule has 4 nitrogen and oxygen atoms in total. The highest BCUT2D eigenvalue weighted by atomic mass is 19.4. The lowest BCUT2D eigenvalue weighted by molar-refractivity contribution is -0.137. The van der Waals surface area contributed by atoms with Crippen LogP contribution < -0.4 is 0 Å². The first-order chi connectivity index (χ1) is 12.5. The highest BCUT2D eigenvalue weighted by Gasteiger charge is 2.29. The molecular formula is C19H13F3N4. The molecule has 0 radical (unpaired) electrons. The number of nitriles is 1. The monoisotopic (exact) mass is 354 g/mol. The molecule has 0 aliphatic carbocycles. The second-order valence-electron chi connectivity index (χ2n) is 5.57. The van der Waals surface area contributed by atoms with E-state index in [4.69, 9.17) is 5.26 Å². The predicted octanol–water partition coefficient (Wildman–Crippen LogP) is 4.41. The molecule has 26 heavy (non-hydrogen) atoms. The normalized spacial score (nSPS) is 12.0. The van der Waals surface area contributed by atoms with Crippen LogP contribution in [0.15, 0.2) is 61.2 Å². The molecule has 0 saturated heterocycles. The molecule has 0 atom stereocenters. The molecule has 0 aliphatic heterocycles. The van der Waals surface area contributed by atoms with E-state index in [0.717, 1.165) is 23.3 Å². The van der Waals surface area contributed by atoms with E-state index in [1.165, 1.54) is 18.5 Å². The number of nitrogens with zero attached hydrogens (tertiary/aromatic N) is 4. The molecule has 0 unspecified atom stereocenters. The van der Waals surface area contributed by atoms with Gasteiger partial charge in [0, 0.05) is 0 Å². The average molecular weight is 354 g/mol. The van der Waals surface area contributed by atoms with Crippen molar-refractivity contribution >= 4 is 11.6 Å². The van der Waals surface area contributed by atoms with Crippen molar-refractivity contribution in [2.24, 2.45) is 0 Å². The van der Waals surface area contributed by atoms with E-state index in [1.54, 1.807) is 41.4 Å². The Morgan fingerprint density at radius 3 is 2.31 bits per heavy atom. The maximum Gasteiger partial charge on any atom is 0.416 e. The molecule has 2 aromatic carbocycles. The molecule has 3 rings (SSSR count). The Labute approximate surface area is 147 Å². The number of halogens is 3. The first-order valence-electron chi connectivity index (χ1n) is 7.66. The van der Waals surface area contributed by atoms with Crippen LogP contribution in [0.4, 0.5) is 13.2 Å². The summed E-state index contributed by atoms with van der Waals surface area (Å²) in [6.45, 7) is 0.396. The highest BCUT2D eigenvalue weighted by Crippen LogP contribution is 2.30. The van der Waals surface area contributed by atoms with Crippen molar-refractivity contribution < 1.29 is 13.2 Å². The van der Waals surface area contributed by atoms with Gasteiger partial charge < -0.3 is 0 Å². The fourth-order valence-corrected chi connectivity index (χ4v) is 2.44. The predicted molar refractivity (Wildman–Crippen MR) is 90.5 cm³/mol. The van der Waals surface area contributed by atoms with Gasteiger partial charge in [0.25, 0.3) is 0 Å². The third-order valence-corrected chi connectivity index (χ3v) is 3.76. The molecule has 7 heteroatoms. The Hall–Kier alpha value is -3.40. The van der Waals surface area contributed by atoms with E-state index in [9.17, 15) is 13.2 Å². The van der Waals surface area contributed by atoms with E-state index < -0.39 is 11.7 Å². The molecule has 1 heterocycles. The second kappa shape index (κ2) is 7.23. The van der Waals surface area contributed by atoms with Gasteiger partial charge in [-0.3, -0.25) is 0 Å². The quantitative estimate of drug-likeness (QED) is 0.652. The van der Waals surface area contributed by atoms with Crippen molar-refractivity contribution in [3.63, 3.8) is 0 Å². The van der Waals surface area contributed by atoms with E-state index in [2.05, 4.69) is 16.2 Å². The van der Waals surface area contributed by atoms with Crippen LogP contribution in [0.3, 0.4) is 0 Å². The van der Waals surface area contributed by atoms with Gasteiger partial charge in [0.05, 0.1) is 23.7 Å². The van der Waals surface area contributed by atoms with Crippen molar-refractivity contribution in [2.45, 2.75) is 12.7 Å². The number of alkyl halides is 3. The van der Waals surface area contributed by atoms with Gasteiger partial charge in [-0.1, -0.05) is 24.3 Å². The molecule has 0 bridgehead atoms. The van der Waals surface area contributed by atoms with Crippen molar-refractivity contribution in [1.82, 2.24) is 14.8 Å². The highest BCUT2D eigenvalue weighted by molar-refractivity contribution is 5.81. The Balaban J connectivity index is 1.96. The smallest absolute Gasteiger partial charge is 0.249 e. The molecule has 130 valence electrons. The van der Waals surface area contributed by atoms with Crippen molar-refractivity contribution in [3.8, 4) is 6.07 Å². The molecule has 0 amide bonds. The fraction of sp³-hybridized carbons (Fsp3) is 0.105. The lowest BCUT2D eigenvalue weighted by Crippen LogP contribution is -2.04. The molecule has 0 aliphatic rings. The number of hydrogen-bond donors (Lipinski definition) is 0. The minimum Gasteiger partial charge on any atom is -0.249 e. The summed E-state index contributed by atoms with van der Waals surface area (Å²) in [5.74, 6) is 0. The third kappa shape index (κ3) is 4.16. The maximum atomic E-state index is 12.7. The SMILES string of the molecule is N#Cc1ccc(/C(=C/c2ccc(C(F)(F)F)cc2)Cn2cncn2)cc1. The first kappa shape index (κ1) is 17.4. The van der Waals surface area contributed by atoms with E-state index in [-0.39, 0.29) is 0 Å². The zero-order valence-corrected chi connectivity index (χ0v) is 13.5. The van der Waals surface area contributed by atoms with Gasteiger partial charge in [-0.2, -0.15) is 23.5 Å². The third-order valence-electron chi connectivity index (χ3n) is 3.76. The largest absolute Gasteiger partial charge is 0.416 e. The Kier molecular flexibility index (Phi) is 4.85. The summed E-state index contributed by atoms with van der Waals surface area (Å²) in [5.41, 5.74) is 2.16. The van der Waals surface area contributed by atoms with Crippen LogP contribution in [0.5, 0.6) is 0 Å². The molecular weight excluding hydrogens is 341 g/mol. The number of rotatable bonds is 4. The Morgan fingerprint density at radius 2 is 1.77 bits per heavy atom. The van der Waals surface area contributed by atoms with E-state index in [1.807, 2.05) is 0 Å². The average Bonchev–Trinajstić information content (AvgIpc) is 3.14. The van der Waals surface area contributed by atoms with Crippen molar-refractivity contribution in [2.75, 3.05) is 0 Å². The topological polar surface area (TPSA) is 54.5 Å². The fourth-order valence-electron chi connectivity index (χ4n) is 2.44. The number of benzene rings is 2. The van der Waals surface area contributed by atoms with Gasteiger partial charge >= 0.3 is 6.18 Å². The van der Waals surface area contributed by atoms with Gasteiger partial charge in [-0.05, 0) is 47.0 Å². The van der Waals surface area contributed by atoms with Crippen LogP contribution in [-0.2, 0) is 12.7 Å².